The summed E-state index contributed by atoms with van der Waals surface area (Å²) in [6, 6.07) is 5.51. The highest BCUT2D eigenvalue weighted by atomic mass is 15.2. The van der Waals surface area contributed by atoms with Crippen LogP contribution in [0, 0.1) is 11.8 Å². The highest BCUT2D eigenvalue weighted by Gasteiger charge is 1.90. The number of hydrazine groups is 1. The van der Waals surface area contributed by atoms with Gasteiger partial charge >= 0.3 is 0 Å². The van der Waals surface area contributed by atoms with Gasteiger partial charge in [-0.2, -0.15) is 0 Å². The number of pyridine rings is 1. The van der Waals surface area contributed by atoms with Gasteiger partial charge in [-0.25, -0.2) is 10.8 Å². The van der Waals surface area contributed by atoms with Gasteiger partial charge in [0.05, 0.1) is 0 Å². The van der Waals surface area contributed by atoms with E-state index in [2.05, 4.69) is 27.6 Å². The third-order valence-electron chi connectivity index (χ3n) is 1.61. The van der Waals surface area contributed by atoms with Crippen LogP contribution in [-0.4, -0.2) is 18.6 Å². The SMILES string of the molecule is CNCCC#Cc1cccc(NN)n1. The van der Waals surface area contributed by atoms with Crippen LogP contribution < -0.4 is 16.6 Å². The molecule has 0 bridgehead atoms. The minimum atomic E-state index is 0.630. The smallest absolute Gasteiger partial charge is 0.141 e. The molecule has 1 aromatic rings. The lowest BCUT2D eigenvalue weighted by atomic mass is 10.3. The quantitative estimate of drug-likeness (QED) is 0.278. The van der Waals surface area contributed by atoms with Crippen LogP contribution in [0.5, 0.6) is 0 Å². The predicted molar refractivity (Wildman–Crippen MR) is 57.5 cm³/mol. The summed E-state index contributed by atoms with van der Waals surface area (Å²) in [7, 11) is 1.90. The molecule has 0 unspecified atom stereocenters. The van der Waals surface area contributed by atoms with Crippen molar-refractivity contribution >= 4 is 5.82 Å². The lowest BCUT2D eigenvalue weighted by Gasteiger charge is -1.97. The molecule has 74 valence electrons. The molecule has 0 radical (unpaired) electrons. The highest BCUT2D eigenvalue weighted by Crippen LogP contribution is 2.01. The molecule has 0 aliphatic carbocycles. The van der Waals surface area contributed by atoms with Gasteiger partial charge < -0.3 is 10.7 Å². The number of rotatable bonds is 3. The number of nitrogens with one attached hydrogen (secondary N) is 2. The fourth-order valence-corrected chi connectivity index (χ4v) is 0.925. The Morgan fingerprint density at radius 3 is 3.07 bits per heavy atom. The molecule has 14 heavy (non-hydrogen) atoms. The van der Waals surface area contributed by atoms with Gasteiger partial charge in [-0.1, -0.05) is 12.0 Å². The van der Waals surface area contributed by atoms with E-state index in [-0.39, 0.29) is 0 Å². The van der Waals surface area contributed by atoms with Gasteiger partial charge in [0.15, 0.2) is 0 Å². The zero-order chi connectivity index (χ0) is 10.2. The van der Waals surface area contributed by atoms with Crippen LogP contribution in [0.1, 0.15) is 12.1 Å². The Hall–Kier alpha value is -1.57. The van der Waals surface area contributed by atoms with Gasteiger partial charge in [-0.3, -0.25) is 0 Å². The standard InChI is InChI=1S/C10H14N4/c1-12-8-3-2-5-9-6-4-7-10(13-9)14-11/h4,6-7,12H,3,8,11H2,1H3,(H,13,14). The third kappa shape index (κ3) is 3.44. The molecule has 0 spiro atoms. The number of hydrogen-bond donors (Lipinski definition) is 3. The number of anilines is 1. The van der Waals surface area contributed by atoms with Crippen molar-refractivity contribution in [1.82, 2.24) is 10.3 Å². The summed E-state index contributed by atoms with van der Waals surface area (Å²) < 4.78 is 0. The Morgan fingerprint density at radius 1 is 1.50 bits per heavy atom. The maximum absolute atomic E-state index is 5.22. The van der Waals surface area contributed by atoms with Gasteiger partial charge in [-0.15, -0.1) is 0 Å². The van der Waals surface area contributed by atoms with E-state index < -0.39 is 0 Å². The molecule has 0 aliphatic rings. The second-order valence-electron chi connectivity index (χ2n) is 2.71. The normalized spacial score (nSPS) is 9.00. The van der Waals surface area contributed by atoms with Crippen molar-refractivity contribution < 1.29 is 0 Å². The molecule has 0 amide bonds. The van der Waals surface area contributed by atoms with Gasteiger partial charge in [0, 0.05) is 13.0 Å². The summed E-state index contributed by atoms with van der Waals surface area (Å²) in [5, 5.41) is 3.02. The third-order valence-corrected chi connectivity index (χ3v) is 1.61. The van der Waals surface area contributed by atoms with E-state index in [1.165, 1.54) is 0 Å². The molecule has 4 N–H and O–H groups in total. The van der Waals surface area contributed by atoms with Crippen molar-refractivity contribution in [2.75, 3.05) is 19.0 Å². The Morgan fingerprint density at radius 2 is 2.36 bits per heavy atom. The number of nitrogen functional groups attached to an aromatic ring is 1. The molecule has 1 aromatic heterocycles. The van der Waals surface area contributed by atoms with Crippen molar-refractivity contribution in [3.05, 3.63) is 23.9 Å². The Bertz CT molecular complexity index is 337. The van der Waals surface area contributed by atoms with Gasteiger partial charge in [0.25, 0.3) is 0 Å². The maximum Gasteiger partial charge on any atom is 0.141 e. The first-order chi connectivity index (χ1) is 6.86. The molecule has 4 nitrogen and oxygen atoms in total. The van der Waals surface area contributed by atoms with Crippen LogP contribution in [-0.2, 0) is 0 Å². The van der Waals surface area contributed by atoms with E-state index in [1.54, 1.807) is 6.07 Å². The summed E-state index contributed by atoms with van der Waals surface area (Å²) >= 11 is 0. The Labute approximate surface area is 83.9 Å². The first kappa shape index (κ1) is 10.5. The number of aromatic nitrogens is 1. The zero-order valence-corrected chi connectivity index (χ0v) is 8.17. The fraction of sp³-hybridized carbons (Fsp3) is 0.300. The largest absolute Gasteiger partial charge is 0.319 e. The van der Waals surface area contributed by atoms with Crippen LogP contribution in [0.15, 0.2) is 18.2 Å². The summed E-state index contributed by atoms with van der Waals surface area (Å²) in [6.07, 6.45) is 0.818. The Kier molecular flexibility index (Phi) is 4.48. The van der Waals surface area contributed by atoms with E-state index >= 15 is 0 Å². The topological polar surface area (TPSA) is 63.0 Å². The van der Waals surface area contributed by atoms with E-state index in [0.717, 1.165) is 18.7 Å². The molecule has 0 fully saturated rings. The Balaban J connectivity index is 2.60. The molecular formula is C10H14N4. The van der Waals surface area contributed by atoms with Crippen molar-refractivity contribution in [3.63, 3.8) is 0 Å². The van der Waals surface area contributed by atoms with Crippen molar-refractivity contribution in [1.29, 1.82) is 0 Å². The van der Waals surface area contributed by atoms with Gasteiger partial charge in [0.1, 0.15) is 11.5 Å². The van der Waals surface area contributed by atoms with E-state index in [0.29, 0.717) is 5.82 Å². The monoisotopic (exact) mass is 190 g/mol. The van der Waals surface area contributed by atoms with Gasteiger partial charge in [-0.05, 0) is 25.1 Å². The summed E-state index contributed by atoms with van der Waals surface area (Å²) in [5.41, 5.74) is 3.21. The molecule has 0 aliphatic heterocycles. The number of nitrogens with two attached hydrogens (primary N) is 1. The van der Waals surface area contributed by atoms with Crippen LogP contribution >= 0.6 is 0 Å². The minimum Gasteiger partial charge on any atom is -0.319 e. The van der Waals surface area contributed by atoms with Gasteiger partial charge in [0.2, 0.25) is 0 Å². The van der Waals surface area contributed by atoms with E-state index in [9.17, 15) is 0 Å². The predicted octanol–water partition coefficient (Wildman–Crippen LogP) is 0.328. The molecule has 4 heteroatoms. The summed E-state index contributed by atoms with van der Waals surface area (Å²) in [4.78, 5) is 4.16. The van der Waals surface area contributed by atoms with E-state index in [1.807, 2.05) is 19.2 Å². The van der Waals surface area contributed by atoms with E-state index in [4.69, 9.17) is 5.84 Å². The molecule has 0 atom stereocenters. The first-order valence-electron chi connectivity index (χ1n) is 4.44. The van der Waals surface area contributed by atoms with Crippen LogP contribution in [0.3, 0.4) is 0 Å². The molecule has 1 heterocycles. The maximum atomic E-state index is 5.22. The van der Waals surface area contributed by atoms with Crippen molar-refractivity contribution in [2.45, 2.75) is 6.42 Å². The molecule has 0 saturated heterocycles. The van der Waals surface area contributed by atoms with Crippen LogP contribution in [0.2, 0.25) is 0 Å². The van der Waals surface area contributed by atoms with Crippen molar-refractivity contribution in [2.24, 2.45) is 5.84 Å². The summed E-state index contributed by atoms with van der Waals surface area (Å²) in [5.74, 6) is 11.8. The molecule has 0 aromatic carbocycles. The molecule has 1 rings (SSSR count). The van der Waals surface area contributed by atoms with Crippen LogP contribution in [0.25, 0.3) is 0 Å². The first-order valence-corrected chi connectivity index (χ1v) is 4.44. The number of hydrogen-bond acceptors (Lipinski definition) is 4. The average Bonchev–Trinajstić information content (AvgIpc) is 2.25. The highest BCUT2D eigenvalue weighted by molar-refractivity contribution is 5.38. The number of nitrogens with zero attached hydrogens (tertiary/aromatic N) is 1. The van der Waals surface area contributed by atoms with Crippen LogP contribution in [0.4, 0.5) is 5.82 Å². The minimum absolute atomic E-state index is 0.630. The average molecular weight is 190 g/mol. The fourth-order valence-electron chi connectivity index (χ4n) is 0.925. The van der Waals surface area contributed by atoms with Crippen molar-refractivity contribution in [3.8, 4) is 11.8 Å². The summed E-state index contributed by atoms with van der Waals surface area (Å²) in [6.45, 7) is 0.891. The lowest BCUT2D eigenvalue weighted by molar-refractivity contribution is 0.818. The zero-order valence-electron chi connectivity index (χ0n) is 8.17. The molecular weight excluding hydrogens is 176 g/mol. The lowest BCUT2D eigenvalue weighted by Crippen LogP contribution is -2.08. The second-order valence-corrected chi connectivity index (χ2v) is 2.71. The molecule has 0 saturated carbocycles. The second kappa shape index (κ2) is 5.97.